The van der Waals surface area contributed by atoms with Crippen LogP contribution in [-0.4, -0.2) is 23.2 Å². The second kappa shape index (κ2) is 7.43. The molecule has 1 aliphatic heterocycles. The number of rotatable bonds is 4. The molecule has 1 saturated heterocycles. The predicted octanol–water partition coefficient (Wildman–Crippen LogP) is 1.71. The second-order valence-electron chi connectivity index (χ2n) is 6.41. The lowest BCUT2D eigenvalue weighted by molar-refractivity contribution is -0.153. The average molecular weight is 381 g/mol. The number of thioether (sulfide) groups is 1. The van der Waals surface area contributed by atoms with Crippen molar-refractivity contribution >= 4 is 23.6 Å². The standard InChI is InChI=1S/C20H19N3O3S/c1-27-14-9-7-12(8-10-14)16-15(11-21)20(26,13-5-3-2-4-6-13)23-19(25)17(16)18(22)24/h2-10,15-17,26H,1H3,(H2,22,24)(H,23,25)/t15-,16-,17-,20-/m0/s1. The molecule has 2 aromatic carbocycles. The number of piperidine rings is 1. The van der Waals surface area contributed by atoms with Crippen molar-refractivity contribution in [3.8, 4) is 6.07 Å². The van der Waals surface area contributed by atoms with E-state index in [2.05, 4.69) is 11.4 Å². The van der Waals surface area contributed by atoms with Crippen LogP contribution in [0.4, 0.5) is 0 Å². The molecule has 0 bridgehead atoms. The Hall–Kier alpha value is -2.82. The van der Waals surface area contributed by atoms with E-state index < -0.39 is 35.3 Å². The Balaban J connectivity index is 2.16. The Morgan fingerprint density at radius 3 is 2.37 bits per heavy atom. The number of nitriles is 1. The van der Waals surface area contributed by atoms with Crippen LogP contribution in [0, 0.1) is 23.2 Å². The summed E-state index contributed by atoms with van der Waals surface area (Å²) in [5.41, 5.74) is 4.54. The second-order valence-corrected chi connectivity index (χ2v) is 7.29. The molecule has 7 heteroatoms. The van der Waals surface area contributed by atoms with Crippen LogP contribution in [0.1, 0.15) is 17.0 Å². The molecule has 0 saturated carbocycles. The Bertz CT molecular complexity index is 895. The van der Waals surface area contributed by atoms with Crippen molar-refractivity contribution in [3.63, 3.8) is 0 Å². The highest BCUT2D eigenvalue weighted by Crippen LogP contribution is 2.45. The van der Waals surface area contributed by atoms with E-state index in [-0.39, 0.29) is 0 Å². The molecule has 1 fully saturated rings. The van der Waals surface area contributed by atoms with Gasteiger partial charge in [-0.1, -0.05) is 42.5 Å². The lowest BCUT2D eigenvalue weighted by atomic mass is 9.67. The van der Waals surface area contributed by atoms with E-state index in [0.717, 1.165) is 4.90 Å². The largest absolute Gasteiger partial charge is 0.369 e. The van der Waals surface area contributed by atoms with Gasteiger partial charge in [0.2, 0.25) is 11.8 Å². The Morgan fingerprint density at radius 2 is 1.85 bits per heavy atom. The number of carbonyl (C=O) groups is 2. The van der Waals surface area contributed by atoms with Gasteiger partial charge in [-0.2, -0.15) is 5.26 Å². The Labute approximate surface area is 161 Å². The Kier molecular flexibility index (Phi) is 5.22. The summed E-state index contributed by atoms with van der Waals surface area (Å²) in [5, 5.41) is 23.6. The number of amides is 2. The van der Waals surface area contributed by atoms with Gasteiger partial charge in [0.05, 0.1) is 6.07 Å². The van der Waals surface area contributed by atoms with E-state index in [1.165, 1.54) is 0 Å². The van der Waals surface area contributed by atoms with Crippen LogP contribution in [-0.2, 0) is 15.3 Å². The highest BCUT2D eigenvalue weighted by Gasteiger charge is 2.55. The SMILES string of the molecule is CSc1ccc([C@@H]2[C@@H](C(N)=O)C(=O)N[C@](O)(c3ccccc3)[C@H]2C#N)cc1. The van der Waals surface area contributed by atoms with Crippen LogP contribution in [0.5, 0.6) is 0 Å². The first-order valence-electron chi connectivity index (χ1n) is 8.35. The Morgan fingerprint density at radius 1 is 1.22 bits per heavy atom. The molecule has 4 N–H and O–H groups in total. The molecule has 1 aliphatic rings. The van der Waals surface area contributed by atoms with Gasteiger partial charge in [-0.3, -0.25) is 9.59 Å². The summed E-state index contributed by atoms with van der Waals surface area (Å²) in [6.07, 6.45) is 1.93. The highest BCUT2D eigenvalue weighted by molar-refractivity contribution is 7.98. The lowest BCUT2D eigenvalue weighted by Crippen LogP contribution is -2.62. The third kappa shape index (κ3) is 3.29. The fraction of sp³-hybridized carbons (Fsp3) is 0.250. The maximum Gasteiger partial charge on any atom is 0.235 e. The summed E-state index contributed by atoms with van der Waals surface area (Å²) in [4.78, 5) is 25.8. The quantitative estimate of drug-likeness (QED) is 0.551. The average Bonchev–Trinajstić information content (AvgIpc) is 2.68. The molecule has 2 amide bonds. The molecule has 2 aromatic rings. The van der Waals surface area contributed by atoms with Crippen LogP contribution in [0.25, 0.3) is 0 Å². The van der Waals surface area contributed by atoms with E-state index in [1.54, 1.807) is 54.2 Å². The summed E-state index contributed by atoms with van der Waals surface area (Å²) in [5.74, 6) is -4.75. The number of nitrogens with two attached hydrogens (primary N) is 1. The first-order chi connectivity index (χ1) is 12.9. The van der Waals surface area contributed by atoms with Crippen LogP contribution in [0.3, 0.4) is 0 Å². The normalized spacial score (nSPS) is 27.4. The molecule has 0 aliphatic carbocycles. The molecule has 4 atom stereocenters. The van der Waals surface area contributed by atoms with E-state index >= 15 is 0 Å². The summed E-state index contributed by atoms with van der Waals surface area (Å²) in [7, 11) is 0. The van der Waals surface area contributed by atoms with Crippen LogP contribution in [0.15, 0.2) is 59.5 Å². The molecule has 6 nitrogen and oxygen atoms in total. The van der Waals surface area contributed by atoms with Gasteiger partial charge in [-0.25, -0.2) is 0 Å². The van der Waals surface area contributed by atoms with Crippen LogP contribution in [0.2, 0.25) is 0 Å². The maximum absolute atomic E-state index is 12.7. The fourth-order valence-corrected chi connectivity index (χ4v) is 4.00. The molecule has 27 heavy (non-hydrogen) atoms. The minimum absolute atomic E-state index is 0.374. The van der Waals surface area contributed by atoms with E-state index in [0.29, 0.717) is 11.1 Å². The van der Waals surface area contributed by atoms with Gasteiger partial charge in [0.15, 0.2) is 5.72 Å². The summed E-state index contributed by atoms with van der Waals surface area (Å²) >= 11 is 1.55. The molecule has 138 valence electrons. The zero-order chi connectivity index (χ0) is 19.6. The first-order valence-corrected chi connectivity index (χ1v) is 9.57. The fourth-order valence-electron chi connectivity index (χ4n) is 3.59. The molecule has 1 heterocycles. The van der Waals surface area contributed by atoms with Gasteiger partial charge in [0, 0.05) is 16.4 Å². The number of carbonyl (C=O) groups excluding carboxylic acids is 2. The third-order valence-corrected chi connectivity index (χ3v) is 5.67. The van der Waals surface area contributed by atoms with Gasteiger partial charge >= 0.3 is 0 Å². The molecule has 3 rings (SSSR count). The summed E-state index contributed by atoms with van der Waals surface area (Å²) in [6.45, 7) is 0. The van der Waals surface area contributed by atoms with Gasteiger partial charge in [0.1, 0.15) is 11.8 Å². The molecule has 0 unspecified atom stereocenters. The predicted molar refractivity (Wildman–Crippen MR) is 101 cm³/mol. The number of nitrogens with one attached hydrogen (secondary N) is 1. The van der Waals surface area contributed by atoms with Gasteiger partial charge in [0.25, 0.3) is 0 Å². The third-order valence-electron chi connectivity index (χ3n) is 4.92. The zero-order valence-electron chi connectivity index (χ0n) is 14.6. The van der Waals surface area contributed by atoms with Crippen molar-refractivity contribution in [2.45, 2.75) is 16.5 Å². The number of benzene rings is 2. The van der Waals surface area contributed by atoms with E-state index in [1.807, 2.05) is 18.4 Å². The topological polar surface area (TPSA) is 116 Å². The number of primary amides is 1. The highest BCUT2D eigenvalue weighted by atomic mass is 32.2. The van der Waals surface area contributed by atoms with E-state index in [9.17, 15) is 20.0 Å². The number of aliphatic hydroxyl groups is 1. The van der Waals surface area contributed by atoms with Crippen LogP contribution < -0.4 is 11.1 Å². The van der Waals surface area contributed by atoms with Gasteiger partial charge < -0.3 is 16.2 Å². The van der Waals surface area contributed by atoms with Crippen molar-refractivity contribution in [1.29, 1.82) is 5.26 Å². The first kappa shape index (κ1) is 19.0. The molecular formula is C20H19N3O3S. The lowest BCUT2D eigenvalue weighted by Gasteiger charge is -2.44. The van der Waals surface area contributed by atoms with Crippen molar-refractivity contribution < 1.29 is 14.7 Å². The van der Waals surface area contributed by atoms with Gasteiger partial charge in [-0.15, -0.1) is 11.8 Å². The van der Waals surface area contributed by atoms with Crippen molar-refractivity contribution in [1.82, 2.24) is 5.32 Å². The minimum Gasteiger partial charge on any atom is -0.369 e. The molecular weight excluding hydrogens is 362 g/mol. The number of hydrogen-bond acceptors (Lipinski definition) is 5. The molecule has 0 spiro atoms. The van der Waals surface area contributed by atoms with E-state index in [4.69, 9.17) is 5.73 Å². The monoisotopic (exact) mass is 381 g/mol. The summed E-state index contributed by atoms with van der Waals surface area (Å²) in [6, 6.07) is 17.8. The summed E-state index contributed by atoms with van der Waals surface area (Å²) < 4.78 is 0. The minimum atomic E-state index is -1.93. The zero-order valence-corrected chi connectivity index (χ0v) is 15.4. The van der Waals surface area contributed by atoms with Crippen molar-refractivity contribution in [2.24, 2.45) is 17.6 Å². The maximum atomic E-state index is 12.7. The molecule has 0 radical (unpaired) electrons. The number of nitrogens with zero attached hydrogens (tertiary/aromatic N) is 1. The van der Waals surface area contributed by atoms with Gasteiger partial charge in [-0.05, 0) is 24.0 Å². The van der Waals surface area contributed by atoms with Crippen LogP contribution >= 0.6 is 11.8 Å². The van der Waals surface area contributed by atoms with Crippen molar-refractivity contribution in [3.05, 3.63) is 65.7 Å². The smallest absolute Gasteiger partial charge is 0.235 e. The number of hydrogen-bond donors (Lipinski definition) is 3. The van der Waals surface area contributed by atoms with Crippen molar-refractivity contribution in [2.75, 3.05) is 6.26 Å². The molecule has 0 aromatic heterocycles.